The molecule has 5 nitrogen and oxygen atoms in total. The van der Waals surface area contributed by atoms with Crippen molar-refractivity contribution in [1.82, 2.24) is 5.32 Å². The summed E-state index contributed by atoms with van der Waals surface area (Å²) in [5.41, 5.74) is 0.714. The fraction of sp³-hybridized carbons (Fsp3) is 0.400. The Kier molecular flexibility index (Phi) is 5.01. The fourth-order valence-electron chi connectivity index (χ4n) is 2.15. The lowest BCUT2D eigenvalue weighted by molar-refractivity contribution is 0.238. The van der Waals surface area contributed by atoms with E-state index in [1.165, 1.54) is 0 Å². The minimum absolute atomic E-state index is 0.0187. The Morgan fingerprint density at radius 2 is 2.10 bits per heavy atom. The van der Waals surface area contributed by atoms with Crippen molar-refractivity contribution in [2.45, 2.75) is 19.4 Å². The quantitative estimate of drug-likeness (QED) is 0.722. The Morgan fingerprint density at radius 1 is 1.35 bits per heavy atom. The molecule has 1 aromatic carbocycles. The van der Waals surface area contributed by atoms with Crippen LogP contribution in [0.3, 0.4) is 0 Å². The van der Waals surface area contributed by atoms with E-state index in [-0.39, 0.29) is 24.6 Å². The van der Waals surface area contributed by atoms with Crippen LogP contribution >= 0.6 is 0 Å². The van der Waals surface area contributed by atoms with Gasteiger partial charge in [-0.25, -0.2) is 4.79 Å². The summed E-state index contributed by atoms with van der Waals surface area (Å²) >= 11 is 0. The summed E-state index contributed by atoms with van der Waals surface area (Å²) in [5.74, 6) is 0.925. The molecule has 0 saturated carbocycles. The number of anilines is 1. The summed E-state index contributed by atoms with van der Waals surface area (Å²) in [6.07, 6.45) is 4.59. The van der Waals surface area contributed by atoms with Gasteiger partial charge in [0.05, 0.1) is 6.61 Å². The molecule has 0 saturated heterocycles. The second kappa shape index (κ2) is 6.96. The Bertz CT molecular complexity index is 471. The number of hydrogen-bond donors (Lipinski definition) is 3. The van der Waals surface area contributed by atoms with Crippen LogP contribution in [0.4, 0.5) is 10.5 Å². The Balaban J connectivity index is 1.81. The number of ether oxygens (including phenoxy) is 1. The lowest BCUT2D eigenvalue weighted by Gasteiger charge is -2.13. The normalized spacial score (nSPS) is 20.7. The van der Waals surface area contributed by atoms with Gasteiger partial charge in [-0.05, 0) is 37.6 Å². The molecular weight excluding hydrogens is 256 g/mol. The highest BCUT2D eigenvalue weighted by molar-refractivity contribution is 5.89. The standard InChI is InChI=1S/C15H20N2O3/c1-2-20-14-7-5-12(6-8-14)16-15(19)17-13-4-3-11(9-13)10-18/h3-8,11,13,18H,2,9-10H2,1H3,(H2,16,17,19)/t11-,13+/m0/s1. The van der Waals surface area contributed by atoms with Crippen LogP contribution in [0.1, 0.15) is 13.3 Å². The van der Waals surface area contributed by atoms with Crippen LogP contribution in [-0.4, -0.2) is 30.4 Å². The van der Waals surface area contributed by atoms with Crippen molar-refractivity contribution in [3.8, 4) is 5.75 Å². The molecule has 0 spiro atoms. The predicted molar refractivity (Wildman–Crippen MR) is 77.9 cm³/mol. The van der Waals surface area contributed by atoms with Crippen LogP contribution < -0.4 is 15.4 Å². The molecule has 0 bridgehead atoms. The summed E-state index contributed by atoms with van der Waals surface area (Å²) in [7, 11) is 0. The minimum atomic E-state index is -0.248. The van der Waals surface area contributed by atoms with Gasteiger partial charge in [0, 0.05) is 24.3 Å². The molecule has 0 radical (unpaired) electrons. The van der Waals surface area contributed by atoms with Gasteiger partial charge in [-0.15, -0.1) is 0 Å². The number of rotatable bonds is 5. The zero-order chi connectivity index (χ0) is 14.4. The molecule has 0 unspecified atom stereocenters. The zero-order valence-electron chi connectivity index (χ0n) is 11.5. The van der Waals surface area contributed by atoms with Crippen molar-refractivity contribution >= 4 is 11.7 Å². The van der Waals surface area contributed by atoms with E-state index in [1.54, 1.807) is 12.1 Å². The average molecular weight is 276 g/mol. The van der Waals surface area contributed by atoms with Crippen molar-refractivity contribution < 1.29 is 14.6 Å². The number of carbonyl (C=O) groups excluding carboxylic acids is 1. The van der Waals surface area contributed by atoms with Crippen molar-refractivity contribution in [3.63, 3.8) is 0 Å². The Labute approximate surface area is 118 Å². The Hall–Kier alpha value is -2.01. The summed E-state index contributed by atoms with van der Waals surface area (Å²) < 4.78 is 5.34. The lowest BCUT2D eigenvalue weighted by atomic mass is 10.1. The van der Waals surface area contributed by atoms with Crippen molar-refractivity contribution in [2.75, 3.05) is 18.5 Å². The first-order chi connectivity index (χ1) is 9.71. The first-order valence-corrected chi connectivity index (χ1v) is 6.81. The van der Waals surface area contributed by atoms with E-state index in [2.05, 4.69) is 10.6 Å². The number of urea groups is 1. The van der Waals surface area contributed by atoms with E-state index in [4.69, 9.17) is 9.84 Å². The van der Waals surface area contributed by atoms with E-state index < -0.39 is 0 Å². The molecule has 108 valence electrons. The third-order valence-corrected chi connectivity index (χ3v) is 3.15. The molecular formula is C15H20N2O3. The van der Waals surface area contributed by atoms with Gasteiger partial charge in [-0.1, -0.05) is 12.2 Å². The lowest BCUT2D eigenvalue weighted by Crippen LogP contribution is -2.36. The summed E-state index contributed by atoms with van der Waals surface area (Å²) in [4.78, 5) is 11.8. The topological polar surface area (TPSA) is 70.6 Å². The summed E-state index contributed by atoms with van der Waals surface area (Å²) in [5, 5.41) is 14.7. The number of carbonyl (C=O) groups is 1. The molecule has 1 aliphatic carbocycles. The predicted octanol–water partition coefficient (Wildman–Crippen LogP) is 2.14. The Morgan fingerprint density at radius 3 is 2.70 bits per heavy atom. The van der Waals surface area contributed by atoms with Crippen molar-refractivity contribution in [3.05, 3.63) is 36.4 Å². The molecule has 2 amide bonds. The van der Waals surface area contributed by atoms with Gasteiger partial charge in [0.2, 0.25) is 0 Å². The van der Waals surface area contributed by atoms with Crippen LogP contribution in [0.5, 0.6) is 5.75 Å². The second-order valence-electron chi connectivity index (χ2n) is 4.73. The molecule has 3 N–H and O–H groups in total. The van der Waals surface area contributed by atoms with Gasteiger partial charge >= 0.3 is 6.03 Å². The number of nitrogens with one attached hydrogen (secondary N) is 2. The number of aliphatic hydroxyl groups excluding tert-OH is 1. The number of hydrogen-bond acceptors (Lipinski definition) is 3. The van der Waals surface area contributed by atoms with E-state index in [9.17, 15) is 4.79 Å². The smallest absolute Gasteiger partial charge is 0.319 e. The number of aliphatic hydroxyl groups is 1. The van der Waals surface area contributed by atoms with E-state index in [0.717, 1.165) is 12.2 Å². The monoisotopic (exact) mass is 276 g/mol. The largest absolute Gasteiger partial charge is 0.494 e. The molecule has 0 aromatic heterocycles. The second-order valence-corrected chi connectivity index (χ2v) is 4.73. The van der Waals surface area contributed by atoms with Crippen LogP contribution in [-0.2, 0) is 0 Å². The molecule has 0 fully saturated rings. The minimum Gasteiger partial charge on any atom is -0.494 e. The van der Waals surface area contributed by atoms with Gasteiger partial charge < -0.3 is 20.5 Å². The third kappa shape index (κ3) is 3.99. The van der Waals surface area contributed by atoms with E-state index in [1.807, 2.05) is 31.2 Å². The molecule has 1 aliphatic rings. The zero-order valence-corrected chi connectivity index (χ0v) is 11.5. The maximum absolute atomic E-state index is 11.8. The van der Waals surface area contributed by atoms with Gasteiger partial charge in [-0.3, -0.25) is 0 Å². The highest BCUT2D eigenvalue weighted by Gasteiger charge is 2.19. The first-order valence-electron chi connectivity index (χ1n) is 6.81. The molecule has 20 heavy (non-hydrogen) atoms. The van der Waals surface area contributed by atoms with E-state index in [0.29, 0.717) is 12.3 Å². The van der Waals surface area contributed by atoms with E-state index >= 15 is 0 Å². The average Bonchev–Trinajstić information content (AvgIpc) is 2.89. The van der Waals surface area contributed by atoms with Crippen LogP contribution in [0.15, 0.2) is 36.4 Å². The van der Waals surface area contributed by atoms with Crippen molar-refractivity contribution in [1.29, 1.82) is 0 Å². The van der Waals surface area contributed by atoms with Crippen LogP contribution in [0, 0.1) is 5.92 Å². The maximum Gasteiger partial charge on any atom is 0.319 e. The van der Waals surface area contributed by atoms with Gasteiger partial charge in [-0.2, -0.15) is 0 Å². The summed E-state index contributed by atoms with van der Waals surface area (Å²) in [6, 6.07) is 6.96. The van der Waals surface area contributed by atoms with Crippen LogP contribution in [0.2, 0.25) is 0 Å². The molecule has 5 heteroatoms. The van der Waals surface area contributed by atoms with Gasteiger partial charge in [0.1, 0.15) is 5.75 Å². The molecule has 0 aliphatic heterocycles. The first kappa shape index (κ1) is 14.4. The van der Waals surface area contributed by atoms with Crippen molar-refractivity contribution in [2.24, 2.45) is 5.92 Å². The highest BCUT2D eigenvalue weighted by Crippen LogP contribution is 2.18. The summed E-state index contributed by atoms with van der Waals surface area (Å²) in [6.45, 7) is 2.66. The van der Waals surface area contributed by atoms with Gasteiger partial charge in [0.15, 0.2) is 0 Å². The number of amides is 2. The molecule has 2 atom stereocenters. The highest BCUT2D eigenvalue weighted by atomic mass is 16.5. The maximum atomic E-state index is 11.8. The molecule has 0 heterocycles. The molecule has 2 rings (SSSR count). The molecule has 1 aromatic rings. The SMILES string of the molecule is CCOc1ccc(NC(=O)N[C@@H]2C=C[C@H](CO)C2)cc1. The third-order valence-electron chi connectivity index (χ3n) is 3.15. The number of benzene rings is 1. The fourth-order valence-corrected chi connectivity index (χ4v) is 2.15. The van der Waals surface area contributed by atoms with Crippen LogP contribution in [0.25, 0.3) is 0 Å². The van der Waals surface area contributed by atoms with Gasteiger partial charge in [0.25, 0.3) is 0 Å².